The molecule has 100 valence electrons. The Morgan fingerprint density at radius 3 is 2.24 bits per heavy atom. The SMILES string of the molecule is CCC(C)C(=O)OC1(C(C)C)CCC(C)CC1. The van der Waals surface area contributed by atoms with E-state index in [0.717, 1.165) is 25.2 Å². The van der Waals surface area contributed by atoms with E-state index in [-0.39, 0.29) is 17.5 Å². The Morgan fingerprint density at radius 2 is 1.82 bits per heavy atom. The lowest BCUT2D eigenvalue weighted by Gasteiger charge is -2.42. The lowest BCUT2D eigenvalue weighted by atomic mass is 9.73. The van der Waals surface area contributed by atoms with Crippen LogP contribution in [0, 0.1) is 17.8 Å². The average molecular weight is 240 g/mol. The summed E-state index contributed by atoms with van der Waals surface area (Å²) in [4.78, 5) is 12.0. The van der Waals surface area contributed by atoms with Crippen molar-refractivity contribution in [1.82, 2.24) is 0 Å². The van der Waals surface area contributed by atoms with Crippen LogP contribution in [0.1, 0.15) is 66.7 Å². The molecule has 2 heteroatoms. The predicted octanol–water partition coefficient (Wildman–Crippen LogP) is 4.18. The maximum absolute atomic E-state index is 12.0. The van der Waals surface area contributed by atoms with Crippen LogP contribution in [0.2, 0.25) is 0 Å². The fraction of sp³-hybridized carbons (Fsp3) is 0.933. The molecule has 0 amide bonds. The van der Waals surface area contributed by atoms with E-state index in [1.165, 1.54) is 12.8 Å². The largest absolute Gasteiger partial charge is 0.459 e. The van der Waals surface area contributed by atoms with Gasteiger partial charge in [0.25, 0.3) is 0 Å². The van der Waals surface area contributed by atoms with Crippen LogP contribution in [0.25, 0.3) is 0 Å². The fourth-order valence-electron chi connectivity index (χ4n) is 2.52. The second-order valence-corrected chi connectivity index (χ2v) is 6.13. The van der Waals surface area contributed by atoms with Crippen molar-refractivity contribution >= 4 is 5.97 Å². The number of carbonyl (C=O) groups is 1. The Kier molecular flexibility index (Phi) is 5.03. The third-order valence-electron chi connectivity index (χ3n) is 4.49. The second-order valence-electron chi connectivity index (χ2n) is 6.13. The third-order valence-corrected chi connectivity index (χ3v) is 4.49. The van der Waals surface area contributed by atoms with Crippen LogP contribution >= 0.6 is 0 Å². The lowest BCUT2D eigenvalue weighted by molar-refractivity contribution is -0.175. The van der Waals surface area contributed by atoms with E-state index in [9.17, 15) is 4.79 Å². The van der Waals surface area contributed by atoms with Gasteiger partial charge >= 0.3 is 5.97 Å². The molecule has 1 rings (SSSR count). The van der Waals surface area contributed by atoms with E-state index < -0.39 is 0 Å². The minimum atomic E-state index is -0.187. The van der Waals surface area contributed by atoms with Crippen LogP contribution < -0.4 is 0 Å². The van der Waals surface area contributed by atoms with E-state index in [2.05, 4.69) is 20.8 Å². The Labute approximate surface area is 106 Å². The minimum absolute atomic E-state index is 0.00393. The second kappa shape index (κ2) is 5.88. The topological polar surface area (TPSA) is 26.3 Å². The predicted molar refractivity (Wildman–Crippen MR) is 70.7 cm³/mol. The number of ether oxygens (including phenoxy) is 1. The molecular weight excluding hydrogens is 212 g/mol. The molecule has 1 aliphatic carbocycles. The van der Waals surface area contributed by atoms with Crippen molar-refractivity contribution in [1.29, 1.82) is 0 Å². The van der Waals surface area contributed by atoms with Gasteiger partial charge in [-0.15, -0.1) is 0 Å². The number of rotatable bonds is 4. The molecule has 0 N–H and O–H groups in total. The summed E-state index contributed by atoms with van der Waals surface area (Å²) in [5.41, 5.74) is -0.187. The van der Waals surface area contributed by atoms with Crippen LogP contribution in [-0.4, -0.2) is 11.6 Å². The zero-order chi connectivity index (χ0) is 13.1. The van der Waals surface area contributed by atoms with Crippen molar-refractivity contribution in [2.24, 2.45) is 17.8 Å². The van der Waals surface area contributed by atoms with E-state index in [1.807, 2.05) is 13.8 Å². The highest BCUT2D eigenvalue weighted by Gasteiger charge is 2.41. The molecule has 0 aliphatic heterocycles. The van der Waals surface area contributed by atoms with Crippen LogP contribution in [0.4, 0.5) is 0 Å². The minimum Gasteiger partial charge on any atom is -0.459 e. The van der Waals surface area contributed by atoms with E-state index >= 15 is 0 Å². The monoisotopic (exact) mass is 240 g/mol. The first-order valence-corrected chi connectivity index (χ1v) is 7.14. The molecule has 0 saturated heterocycles. The number of hydrogen-bond donors (Lipinski definition) is 0. The highest BCUT2D eigenvalue weighted by Crippen LogP contribution is 2.40. The van der Waals surface area contributed by atoms with Gasteiger partial charge < -0.3 is 4.74 Å². The van der Waals surface area contributed by atoms with Gasteiger partial charge in [-0.05, 0) is 43.9 Å². The van der Waals surface area contributed by atoms with Crippen molar-refractivity contribution in [2.75, 3.05) is 0 Å². The van der Waals surface area contributed by atoms with Crippen LogP contribution in [0.5, 0.6) is 0 Å². The van der Waals surface area contributed by atoms with Gasteiger partial charge in [0, 0.05) is 0 Å². The molecular formula is C15H28O2. The molecule has 0 aromatic carbocycles. The summed E-state index contributed by atoms with van der Waals surface area (Å²) in [6.07, 6.45) is 5.31. The van der Waals surface area contributed by atoms with E-state index in [1.54, 1.807) is 0 Å². The molecule has 1 atom stereocenters. The number of hydrogen-bond acceptors (Lipinski definition) is 2. The fourth-order valence-corrected chi connectivity index (χ4v) is 2.52. The van der Waals surface area contributed by atoms with Gasteiger partial charge in [0.15, 0.2) is 0 Å². The van der Waals surface area contributed by atoms with Crippen molar-refractivity contribution in [3.05, 3.63) is 0 Å². The molecule has 1 aliphatic rings. The first-order valence-electron chi connectivity index (χ1n) is 7.14. The molecule has 2 nitrogen and oxygen atoms in total. The summed E-state index contributed by atoms with van der Waals surface area (Å²) in [5.74, 6) is 1.23. The first kappa shape index (κ1) is 14.5. The first-order chi connectivity index (χ1) is 7.91. The molecule has 0 aromatic rings. The number of esters is 1. The maximum Gasteiger partial charge on any atom is 0.309 e. The van der Waals surface area contributed by atoms with Crippen molar-refractivity contribution in [2.45, 2.75) is 72.3 Å². The van der Waals surface area contributed by atoms with E-state index in [4.69, 9.17) is 4.74 Å². The van der Waals surface area contributed by atoms with Crippen LogP contribution in [0.15, 0.2) is 0 Å². The van der Waals surface area contributed by atoms with Crippen LogP contribution in [-0.2, 0) is 9.53 Å². The normalized spacial score (nSPS) is 31.3. The van der Waals surface area contributed by atoms with Gasteiger partial charge in [0.2, 0.25) is 0 Å². The van der Waals surface area contributed by atoms with Gasteiger partial charge in [-0.1, -0.05) is 34.6 Å². The molecule has 1 saturated carbocycles. The summed E-state index contributed by atoms with van der Waals surface area (Å²) in [7, 11) is 0. The lowest BCUT2D eigenvalue weighted by Crippen LogP contribution is -2.44. The molecule has 0 radical (unpaired) electrons. The molecule has 0 bridgehead atoms. The molecule has 0 aromatic heterocycles. The summed E-state index contributed by atoms with van der Waals surface area (Å²) < 4.78 is 5.90. The van der Waals surface area contributed by atoms with E-state index in [0.29, 0.717) is 5.92 Å². The number of carbonyl (C=O) groups excluding carboxylic acids is 1. The molecule has 0 heterocycles. The van der Waals surface area contributed by atoms with Gasteiger partial charge in [0.1, 0.15) is 5.60 Å². The summed E-state index contributed by atoms with van der Waals surface area (Å²) in [5, 5.41) is 0. The van der Waals surface area contributed by atoms with Gasteiger partial charge in [-0.2, -0.15) is 0 Å². The highest BCUT2D eigenvalue weighted by atomic mass is 16.6. The highest BCUT2D eigenvalue weighted by molar-refractivity contribution is 5.72. The third kappa shape index (κ3) is 3.46. The van der Waals surface area contributed by atoms with Crippen molar-refractivity contribution < 1.29 is 9.53 Å². The quantitative estimate of drug-likeness (QED) is 0.689. The van der Waals surface area contributed by atoms with Gasteiger partial charge in [0.05, 0.1) is 5.92 Å². The average Bonchev–Trinajstić information content (AvgIpc) is 2.30. The zero-order valence-corrected chi connectivity index (χ0v) is 12.1. The molecule has 0 spiro atoms. The molecule has 1 unspecified atom stereocenters. The zero-order valence-electron chi connectivity index (χ0n) is 12.1. The Balaban J connectivity index is 2.69. The van der Waals surface area contributed by atoms with Gasteiger partial charge in [-0.3, -0.25) is 4.79 Å². The molecule has 17 heavy (non-hydrogen) atoms. The van der Waals surface area contributed by atoms with Crippen molar-refractivity contribution in [3.8, 4) is 0 Å². The summed E-state index contributed by atoms with van der Waals surface area (Å²) in [6.45, 7) is 10.7. The van der Waals surface area contributed by atoms with Gasteiger partial charge in [-0.25, -0.2) is 0 Å². The smallest absolute Gasteiger partial charge is 0.309 e. The summed E-state index contributed by atoms with van der Waals surface area (Å²) in [6, 6.07) is 0. The molecule has 1 fully saturated rings. The standard InChI is InChI=1S/C15H28O2/c1-6-13(5)14(16)17-15(11(2)3)9-7-12(4)8-10-15/h11-13H,6-10H2,1-5H3. The Morgan fingerprint density at radius 1 is 1.29 bits per heavy atom. The Bertz CT molecular complexity index is 250. The van der Waals surface area contributed by atoms with Crippen molar-refractivity contribution in [3.63, 3.8) is 0 Å². The summed E-state index contributed by atoms with van der Waals surface area (Å²) >= 11 is 0. The van der Waals surface area contributed by atoms with Crippen LogP contribution in [0.3, 0.4) is 0 Å². The maximum atomic E-state index is 12.0. The Hall–Kier alpha value is -0.530.